The molecule has 1 aliphatic heterocycles. The molecule has 1 saturated heterocycles. The predicted octanol–water partition coefficient (Wildman–Crippen LogP) is 2.82. The minimum atomic E-state index is 0.448. The summed E-state index contributed by atoms with van der Waals surface area (Å²) in [7, 11) is 0. The molecule has 4 heteroatoms. The van der Waals surface area contributed by atoms with Crippen molar-refractivity contribution in [1.29, 1.82) is 0 Å². The minimum absolute atomic E-state index is 0.448. The van der Waals surface area contributed by atoms with E-state index in [0.717, 1.165) is 31.9 Å². The van der Waals surface area contributed by atoms with Gasteiger partial charge in [-0.1, -0.05) is 24.3 Å². The van der Waals surface area contributed by atoms with Crippen LogP contribution in [0.1, 0.15) is 11.6 Å². The van der Waals surface area contributed by atoms with Crippen LogP contribution >= 0.6 is 11.8 Å². The molecular formula is C17H21N3S. The topological polar surface area (TPSA) is 28.2 Å². The molecule has 1 aromatic heterocycles. The summed E-state index contributed by atoms with van der Waals surface area (Å²) in [6.07, 6.45) is 3.84. The number of benzene rings is 1. The van der Waals surface area contributed by atoms with Gasteiger partial charge in [0.15, 0.2) is 0 Å². The van der Waals surface area contributed by atoms with Crippen molar-refractivity contribution >= 4 is 11.8 Å². The Balaban J connectivity index is 1.57. The number of nitrogens with zero attached hydrogens (tertiary/aromatic N) is 2. The van der Waals surface area contributed by atoms with Gasteiger partial charge >= 0.3 is 0 Å². The fraction of sp³-hybridized carbons (Fsp3) is 0.353. The Morgan fingerprint density at radius 3 is 2.90 bits per heavy atom. The maximum Gasteiger partial charge on any atom is 0.0488 e. The molecule has 3 rings (SSSR count). The molecule has 0 saturated carbocycles. The summed E-state index contributed by atoms with van der Waals surface area (Å²) < 4.78 is 0. The lowest BCUT2D eigenvalue weighted by molar-refractivity contribution is 0.172. The summed E-state index contributed by atoms with van der Waals surface area (Å²) >= 11 is 1.93. The quantitative estimate of drug-likeness (QED) is 0.859. The average Bonchev–Trinajstić information content (AvgIpc) is 2.57. The summed E-state index contributed by atoms with van der Waals surface area (Å²) in [6, 6.07) is 15.3. The lowest BCUT2D eigenvalue weighted by atomic mass is 10.1. The zero-order valence-corrected chi connectivity index (χ0v) is 12.9. The average molecular weight is 299 g/mol. The predicted molar refractivity (Wildman–Crippen MR) is 88.6 cm³/mol. The highest BCUT2D eigenvalue weighted by Crippen LogP contribution is 2.23. The highest BCUT2D eigenvalue weighted by Gasteiger charge is 2.23. The summed E-state index contributed by atoms with van der Waals surface area (Å²) in [6.45, 7) is 4.31. The van der Waals surface area contributed by atoms with E-state index in [1.54, 1.807) is 0 Å². The van der Waals surface area contributed by atoms with E-state index in [1.165, 1.54) is 10.5 Å². The molecular weight excluding hydrogens is 278 g/mol. The van der Waals surface area contributed by atoms with Gasteiger partial charge < -0.3 is 5.32 Å². The van der Waals surface area contributed by atoms with Crippen LogP contribution in [0, 0.1) is 0 Å². The summed E-state index contributed by atoms with van der Waals surface area (Å²) in [4.78, 5) is 8.19. The minimum Gasteiger partial charge on any atom is -0.314 e. The van der Waals surface area contributed by atoms with Crippen molar-refractivity contribution < 1.29 is 0 Å². The van der Waals surface area contributed by atoms with E-state index in [2.05, 4.69) is 51.6 Å². The second-order valence-electron chi connectivity index (χ2n) is 5.20. The molecule has 1 N–H and O–H groups in total. The van der Waals surface area contributed by atoms with Crippen molar-refractivity contribution in [3.05, 3.63) is 60.4 Å². The molecule has 0 radical (unpaired) electrons. The lowest BCUT2D eigenvalue weighted by Crippen LogP contribution is -2.46. The molecule has 0 aliphatic carbocycles. The Kier molecular flexibility index (Phi) is 5.27. The highest BCUT2D eigenvalue weighted by atomic mass is 32.2. The third-order valence-corrected chi connectivity index (χ3v) is 4.81. The van der Waals surface area contributed by atoms with Gasteiger partial charge in [-0.05, 0) is 23.8 Å². The molecule has 110 valence electrons. The summed E-state index contributed by atoms with van der Waals surface area (Å²) in [5.74, 6) is 1.13. The largest absolute Gasteiger partial charge is 0.314 e. The van der Waals surface area contributed by atoms with Gasteiger partial charge in [0, 0.05) is 55.3 Å². The first-order valence-corrected chi connectivity index (χ1v) is 8.44. The molecule has 1 atom stereocenters. The molecule has 1 aliphatic rings. The van der Waals surface area contributed by atoms with E-state index in [1.807, 2.05) is 30.2 Å². The van der Waals surface area contributed by atoms with Crippen molar-refractivity contribution in [2.75, 3.05) is 31.9 Å². The second-order valence-corrected chi connectivity index (χ2v) is 6.37. The van der Waals surface area contributed by atoms with Crippen LogP contribution in [-0.4, -0.2) is 41.8 Å². The highest BCUT2D eigenvalue weighted by molar-refractivity contribution is 7.99. The Morgan fingerprint density at radius 1 is 1.19 bits per heavy atom. The fourth-order valence-electron chi connectivity index (χ4n) is 2.71. The van der Waals surface area contributed by atoms with Crippen LogP contribution in [0.2, 0.25) is 0 Å². The van der Waals surface area contributed by atoms with Crippen LogP contribution in [0.3, 0.4) is 0 Å². The first-order valence-electron chi connectivity index (χ1n) is 7.46. The Hall–Kier alpha value is -1.36. The van der Waals surface area contributed by atoms with Crippen molar-refractivity contribution in [3.63, 3.8) is 0 Å². The maximum atomic E-state index is 4.26. The van der Waals surface area contributed by atoms with Gasteiger partial charge in [-0.3, -0.25) is 9.88 Å². The summed E-state index contributed by atoms with van der Waals surface area (Å²) in [5, 5.41) is 3.50. The summed E-state index contributed by atoms with van der Waals surface area (Å²) in [5.41, 5.74) is 1.31. The van der Waals surface area contributed by atoms with Crippen molar-refractivity contribution in [1.82, 2.24) is 15.2 Å². The SMILES string of the molecule is c1ccc(SCCN2CCNCC2c2cccnc2)cc1. The van der Waals surface area contributed by atoms with Gasteiger partial charge in [-0.2, -0.15) is 0 Å². The van der Waals surface area contributed by atoms with Gasteiger partial charge in [-0.15, -0.1) is 11.8 Å². The van der Waals surface area contributed by atoms with Gasteiger partial charge in [0.1, 0.15) is 0 Å². The number of pyridine rings is 1. The number of aromatic nitrogens is 1. The van der Waals surface area contributed by atoms with E-state index in [9.17, 15) is 0 Å². The van der Waals surface area contributed by atoms with Gasteiger partial charge in [0.25, 0.3) is 0 Å². The van der Waals surface area contributed by atoms with Gasteiger partial charge in [-0.25, -0.2) is 0 Å². The third kappa shape index (κ3) is 4.06. The number of hydrogen-bond donors (Lipinski definition) is 1. The maximum absolute atomic E-state index is 4.26. The molecule has 1 fully saturated rings. The Morgan fingerprint density at radius 2 is 2.10 bits per heavy atom. The number of thioether (sulfide) groups is 1. The number of piperazine rings is 1. The second kappa shape index (κ2) is 7.59. The van der Waals surface area contributed by atoms with Crippen LogP contribution in [0.5, 0.6) is 0 Å². The Bertz CT molecular complexity index is 532. The first kappa shape index (κ1) is 14.6. The van der Waals surface area contributed by atoms with Crippen molar-refractivity contribution in [3.8, 4) is 0 Å². The Labute approximate surface area is 130 Å². The van der Waals surface area contributed by atoms with E-state index in [4.69, 9.17) is 0 Å². The van der Waals surface area contributed by atoms with E-state index >= 15 is 0 Å². The number of nitrogens with one attached hydrogen (secondary N) is 1. The van der Waals surface area contributed by atoms with Crippen LogP contribution in [0.15, 0.2) is 59.8 Å². The van der Waals surface area contributed by atoms with Crippen molar-refractivity contribution in [2.24, 2.45) is 0 Å². The fourth-order valence-corrected chi connectivity index (χ4v) is 3.62. The molecule has 1 aromatic carbocycles. The van der Waals surface area contributed by atoms with Crippen LogP contribution < -0.4 is 5.32 Å². The zero-order chi connectivity index (χ0) is 14.3. The molecule has 2 aromatic rings. The van der Waals surface area contributed by atoms with E-state index in [0.29, 0.717) is 6.04 Å². The molecule has 3 nitrogen and oxygen atoms in total. The third-order valence-electron chi connectivity index (χ3n) is 3.81. The standard InChI is InChI=1S/C17H21N3S/c1-2-6-16(7-3-1)21-12-11-20-10-9-19-14-17(20)15-5-4-8-18-13-15/h1-8,13,17,19H,9-12,14H2. The number of hydrogen-bond acceptors (Lipinski definition) is 4. The number of rotatable bonds is 5. The van der Waals surface area contributed by atoms with E-state index in [-0.39, 0.29) is 0 Å². The molecule has 2 heterocycles. The van der Waals surface area contributed by atoms with Crippen LogP contribution in [-0.2, 0) is 0 Å². The van der Waals surface area contributed by atoms with Crippen molar-refractivity contribution in [2.45, 2.75) is 10.9 Å². The van der Waals surface area contributed by atoms with Crippen LogP contribution in [0.4, 0.5) is 0 Å². The van der Waals surface area contributed by atoms with Gasteiger partial charge in [0.2, 0.25) is 0 Å². The first-order chi connectivity index (χ1) is 10.4. The lowest BCUT2D eigenvalue weighted by Gasteiger charge is -2.36. The zero-order valence-electron chi connectivity index (χ0n) is 12.1. The molecule has 1 unspecified atom stereocenters. The monoisotopic (exact) mass is 299 g/mol. The van der Waals surface area contributed by atoms with Crippen LogP contribution in [0.25, 0.3) is 0 Å². The molecule has 0 spiro atoms. The van der Waals surface area contributed by atoms with Gasteiger partial charge in [0.05, 0.1) is 0 Å². The molecule has 21 heavy (non-hydrogen) atoms. The normalized spacial score (nSPS) is 19.5. The van der Waals surface area contributed by atoms with E-state index < -0.39 is 0 Å². The smallest absolute Gasteiger partial charge is 0.0488 e. The molecule has 0 amide bonds. The molecule has 0 bridgehead atoms.